The Balaban J connectivity index is 2.09. The number of carbonyl (C=O) groups excluding carboxylic acids is 1. The van der Waals surface area contributed by atoms with Crippen LogP contribution in [0.3, 0.4) is 0 Å². The monoisotopic (exact) mass is 353 g/mol. The molecule has 0 aliphatic carbocycles. The first-order chi connectivity index (χ1) is 9.61. The average Bonchev–Trinajstić information content (AvgIpc) is 2.98. The van der Waals surface area contributed by atoms with Crippen LogP contribution in [-0.2, 0) is 4.84 Å². The fourth-order valence-electron chi connectivity index (χ4n) is 1.49. The third-order valence-electron chi connectivity index (χ3n) is 2.53. The molecule has 0 spiro atoms. The van der Waals surface area contributed by atoms with Crippen LogP contribution < -0.4 is 4.74 Å². The normalized spacial score (nSPS) is 11.2. The zero-order valence-electron chi connectivity index (χ0n) is 10.9. The van der Waals surface area contributed by atoms with E-state index in [0.717, 1.165) is 4.88 Å². The Hall–Kier alpha value is -1.66. The predicted octanol–water partition coefficient (Wildman–Crippen LogP) is 4.10. The molecule has 0 bridgehead atoms. The van der Waals surface area contributed by atoms with Crippen LogP contribution in [0, 0.1) is 0 Å². The molecule has 0 atom stereocenters. The zero-order valence-corrected chi connectivity index (χ0v) is 13.3. The van der Waals surface area contributed by atoms with Crippen LogP contribution in [0.15, 0.2) is 45.3 Å². The van der Waals surface area contributed by atoms with Crippen LogP contribution in [0.2, 0.25) is 0 Å². The lowest BCUT2D eigenvalue weighted by Crippen LogP contribution is -2.03. The summed E-state index contributed by atoms with van der Waals surface area (Å²) in [7, 11) is 1.56. The molecule has 0 amide bonds. The molecule has 0 unspecified atom stereocenters. The molecule has 1 aromatic heterocycles. The SMILES string of the molecule is COc1ccc(C(=O)ON=C(C)c2cccs2)cc1Br. The fourth-order valence-corrected chi connectivity index (χ4v) is 2.69. The molecule has 0 aliphatic heterocycles. The van der Waals surface area contributed by atoms with Gasteiger partial charge in [-0.05, 0) is 52.5 Å². The van der Waals surface area contributed by atoms with E-state index >= 15 is 0 Å². The Kier molecular flexibility index (Phi) is 4.92. The van der Waals surface area contributed by atoms with E-state index in [0.29, 0.717) is 21.5 Å². The number of thiophene rings is 1. The molecule has 4 nitrogen and oxygen atoms in total. The van der Waals surface area contributed by atoms with Gasteiger partial charge in [0.15, 0.2) is 0 Å². The van der Waals surface area contributed by atoms with Gasteiger partial charge >= 0.3 is 5.97 Å². The Bertz CT molecular complexity index is 638. The standard InChI is InChI=1S/C14H12BrNO3S/c1-9(13-4-3-7-20-13)16-19-14(17)10-5-6-12(18-2)11(15)8-10/h3-8H,1-2H3. The van der Waals surface area contributed by atoms with Crippen molar-refractivity contribution in [2.24, 2.45) is 5.16 Å². The molecule has 104 valence electrons. The maximum absolute atomic E-state index is 11.9. The summed E-state index contributed by atoms with van der Waals surface area (Å²) in [6, 6.07) is 8.79. The van der Waals surface area contributed by atoms with Crippen LogP contribution in [0.1, 0.15) is 22.2 Å². The minimum absolute atomic E-state index is 0.403. The number of oxime groups is 1. The molecule has 0 saturated carbocycles. The van der Waals surface area contributed by atoms with Gasteiger partial charge in [0.05, 0.1) is 27.7 Å². The molecule has 6 heteroatoms. The van der Waals surface area contributed by atoms with Crippen LogP contribution >= 0.6 is 27.3 Å². The number of hydrogen-bond acceptors (Lipinski definition) is 5. The van der Waals surface area contributed by atoms with Crippen LogP contribution in [0.25, 0.3) is 0 Å². The van der Waals surface area contributed by atoms with Gasteiger partial charge in [-0.3, -0.25) is 0 Å². The van der Waals surface area contributed by atoms with Crippen molar-refractivity contribution in [1.29, 1.82) is 0 Å². The van der Waals surface area contributed by atoms with E-state index in [1.54, 1.807) is 32.2 Å². The number of benzene rings is 1. The number of nitrogens with zero attached hydrogens (tertiary/aromatic N) is 1. The molecular weight excluding hydrogens is 342 g/mol. The van der Waals surface area contributed by atoms with Crippen molar-refractivity contribution in [3.63, 3.8) is 0 Å². The molecular formula is C14H12BrNO3S. The maximum Gasteiger partial charge on any atom is 0.365 e. The van der Waals surface area contributed by atoms with Crippen molar-refractivity contribution >= 4 is 38.9 Å². The Morgan fingerprint density at radius 3 is 2.75 bits per heavy atom. The number of hydrogen-bond donors (Lipinski definition) is 0. The second kappa shape index (κ2) is 6.67. The Morgan fingerprint density at radius 1 is 1.35 bits per heavy atom. The third kappa shape index (κ3) is 3.46. The Morgan fingerprint density at radius 2 is 2.15 bits per heavy atom. The van der Waals surface area contributed by atoms with Crippen molar-refractivity contribution in [1.82, 2.24) is 0 Å². The molecule has 2 rings (SSSR count). The lowest BCUT2D eigenvalue weighted by molar-refractivity contribution is 0.0516. The molecule has 0 aliphatic rings. The van der Waals surface area contributed by atoms with Gasteiger partial charge in [-0.1, -0.05) is 11.2 Å². The minimum Gasteiger partial charge on any atom is -0.496 e. The summed E-state index contributed by atoms with van der Waals surface area (Å²) in [6.07, 6.45) is 0. The number of rotatable bonds is 4. The summed E-state index contributed by atoms with van der Waals surface area (Å²) < 4.78 is 5.79. The zero-order chi connectivity index (χ0) is 14.5. The molecule has 0 N–H and O–H groups in total. The summed E-state index contributed by atoms with van der Waals surface area (Å²) >= 11 is 4.86. The second-order valence-electron chi connectivity index (χ2n) is 3.88. The van der Waals surface area contributed by atoms with E-state index in [4.69, 9.17) is 9.57 Å². The Labute approximate surface area is 129 Å². The summed E-state index contributed by atoms with van der Waals surface area (Å²) in [6.45, 7) is 1.79. The average molecular weight is 354 g/mol. The van der Waals surface area contributed by atoms with Crippen molar-refractivity contribution in [2.45, 2.75) is 6.92 Å². The summed E-state index contributed by atoms with van der Waals surface area (Å²) in [4.78, 5) is 17.8. The van der Waals surface area contributed by atoms with Crippen molar-refractivity contribution < 1.29 is 14.4 Å². The van der Waals surface area contributed by atoms with Crippen LogP contribution in [-0.4, -0.2) is 18.8 Å². The van der Waals surface area contributed by atoms with E-state index < -0.39 is 5.97 Å². The van der Waals surface area contributed by atoms with Gasteiger partial charge in [0, 0.05) is 0 Å². The van der Waals surface area contributed by atoms with Gasteiger partial charge in [0.2, 0.25) is 0 Å². The van der Waals surface area contributed by atoms with Gasteiger partial charge in [-0.15, -0.1) is 11.3 Å². The first kappa shape index (κ1) is 14.7. The lowest BCUT2D eigenvalue weighted by Gasteiger charge is -2.04. The van der Waals surface area contributed by atoms with Gasteiger partial charge in [-0.2, -0.15) is 0 Å². The molecule has 0 radical (unpaired) electrons. The van der Waals surface area contributed by atoms with E-state index in [1.165, 1.54) is 11.3 Å². The highest BCUT2D eigenvalue weighted by Gasteiger charge is 2.11. The van der Waals surface area contributed by atoms with Gasteiger partial charge in [0.25, 0.3) is 0 Å². The third-order valence-corrected chi connectivity index (χ3v) is 4.13. The molecule has 20 heavy (non-hydrogen) atoms. The summed E-state index contributed by atoms with van der Waals surface area (Å²) in [5.41, 5.74) is 1.07. The summed E-state index contributed by atoms with van der Waals surface area (Å²) in [5, 5.41) is 5.79. The highest BCUT2D eigenvalue weighted by molar-refractivity contribution is 9.10. The smallest absolute Gasteiger partial charge is 0.365 e. The first-order valence-corrected chi connectivity index (χ1v) is 7.42. The largest absolute Gasteiger partial charge is 0.496 e. The van der Waals surface area contributed by atoms with Gasteiger partial charge in [0.1, 0.15) is 5.75 Å². The molecule has 1 heterocycles. The molecule has 2 aromatic rings. The van der Waals surface area contributed by atoms with Crippen molar-refractivity contribution in [3.8, 4) is 5.75 Å². The number of carbonyl (C=O) groups is 1. The predicted molar refractivity (Wildman–Crippen MR) is 82.6 cm³/mol. The minimum atomic E-state index is -0.510. The van der Waals surface area contributed by atoms with Gasteiger partial charge < -0.3 is 9.57 Å². The van der Waals surface area contributed by atoms with E-state index in [1.807, 2.05) is 17.5 Å². The lowest BCUT2D eigenvalue weighted by atomic mass is 10.2. The molecule has 1 aromatic carbocycles. The summed E-state index contributed by atoms with van der Waals surface area (Å²) in [5.74, 6) is 0.143. The highest BCUT2D eigenvalue weighted by Crippen LogP contribution is 2.25. The number of ether oxygens (including phenoxy) is 1. The number of halogens is 1. The van der Waals surface area contributed by atoms with Crippen LogP contribution in [0.5, 0.6) is 5.75 Å². The van der Waals surface area contributed by atoms with Crippen molar-refractivity contribution in [2.75, 3.05) is 7.11 Å². The number of methoxy groups -OCH3 is 1. The quantitative estimate of drug-likeness (QED) is 0.472. The fraction of sp³-hybridized carbons (Fsp3) is 0.143. The second-order valence-corrected chi connectivity index (χ2v) is 5.68. The molecule has 0 saturated heterocycles. The van der Waals surface area contributed by atoms with Crippen LogP contribution in [0.4, 0.5) is 0 Å². The van der Waals surface area contributed by atoms with Gasteiger partial charge in [-0.25, -0.2) is 4.79 Å². The van der Waals surface area contributed by atoms with Crippen molar-refractivity contribution in [3.05, 3.63) is 50.6 Å². The topological polar surface area (TPSA) is 47.9 Å². The van der Waals surface area contributed by atoms with E-state index in [-0.39, 0.29) is 0 Å². The van der Waals surface area contributed by atoms with E-state index in [9.17, 15) is 4.79 Å². The first-order valence-electron chi connectivity index (χ1n) is 5.75. The molecule has 0 fully saturated rings. The maximum atomic E-state index is 11.9. The van der Waals surface area contributed by atoms with E-state index in [2.05, 4.69) is 21.1 Å². The highest BCUT2D eigenvalue weighted by atomic mass is 79.9.